The molecular weight excluding hydrogens is 697 g/mol. The van der Waals surface area contributed by atoms with E-state index in [0.717, 1.165) is 22.2 Å². The van der Waals surface area contributed by atoms with Crippen molar-refractivity contribution in [2.75, 3.05) is 41.5 Å². The van der Waals surface area contributed by atoms with E-state index in [1.54, 1.807) is 33.5 Å². The molecule has 1 amide bonds. The van der Waals surface area contributed by atoms with Crippen LogP contribution in [0, 0.1) is 5.92 Å². The fraction of sp³-hybridized carbons (Fsp3) is 0.353. The predicted octanol–water partition coefficient (Wildman–Crippen LogP) is 3.02. The maximum Gasteiger partial charge on any atom is 0.573 e. The second kappa shape index (κ2) is 19.7. The average Bonchev–Trinajstić information content (AvgIpc) is 3.57. The molecule has 5 rings (SSSR count). The molecule has 1 heterocycles. The van der Waals surface area contributed by atoms with Gasteiger partial charge in [-0.3, -0.25) is 9.59 Å². The zero-order valence-electron chi connectivity index (χ0n) is 28.6. The van der Waals surface area contributed by atoms with Crippen LogP contribution in [0.2, 0.25) is 0 Å². The van der Waals surface area contributed by atoms with E-state index in [2.05, 4.69) is 10.1 Å². The highest BCUT2D eigenvalue weighted by Crippen LogP contribution is 2.43. The Morgan fingerprint density at radius 2 is 1.65 bits per heavy atom. The number of aliphatic hydroxyl groups is 2. The van der Waals surface area contributed by atoms with Gasteiger partial charge in [0.05, 0.1) is 40.5 Å². The second-order valence-corrected chi connectivity index (χ2v) is 10.9. The molecule has 0 fully saturated rings. The standard InChI is InChI=1S/C24H25F3N4O6.C9H12O3.CH4O2/c25-24(26,27)37-17-3-1-2-14(6-17)9-31(29)10-19(28)23(33)30-22-16(11-34-12-32)5-4-15-7-20-21(8-18(15)22)36-13-35-20;1-10-7-5-4-6-8(11-2)9(7)12-3;2-1-3/h1-3,6-8,10,12,16,22H,4-5,9,11,13,28-29H2,(H,30,33);4-6H,1-3H3;2-3H,1H2/b19-10-;;. The summed E-state index contributed by atoms with van der Waals surface area (Å²) < 4.78 is 72.5. The van der Waals surface area contributed by atoms with Gasteiger partial charge < -0.3 is 59.4 Å². The molecule has 3 aromatic rings. The van der Waals surface area contributed by atoms with Crippen LogP contribution in [-0.2, 0) is 27.3 Å². The van der Waals surface area contributed by atoms with Gasteiger partial charge in [-0.05, 0) is 65.9 Å². The molecular formula is C34H41F3N4O11. The number of amides is 1. The van der Waals surface area contributed by atoms with Crippen molar-refractivity contribution in [2.45, 2.75) is 31.8 Å². The first-order valence-electron chi connectivity index (χ1n) is 15.5. The maximum atomic E-state index is 13.0. The minimum absolute atomic E-state index is 0.0470. The smallest absolute Gasteiger partial charge is 0.493 e. The Kier molecular flexibility index (Phi) is 15.5. The SMILES string of the molecule is COc1cccc(OC)c1OC.N/C(=C\N(N)Cc1cccc(OC(F)(F)F)c1)C(=O)NC1c2cc3c(cc2CCC1COC=O)OCO3.OCO. The number of hydrogen-bond acceptors (Lipinski definition) is 14. The quantitative estimate of drug-likeness (QED) is 0.0596. The molecule has 0 saturated heterocycles. The summed E-state index contributed by atoms with van der Waals surface area (Å²) in [5, 5.41) is 18.2. The number of nitrogens with two attached hydrogens (primary N) is 2. The topological polar surface area (TPSA) is 207 Å². The molecule has 0 radical (unpaired) electrons. The van der Waals surface area contributed by atoms with Crippen LogP contribution < -0.4 is 45.3 Å². The Morgan fingerprint density at radius 1 is 1.02 bits per heavy atom. The Bertz CT molecular complexity index is 1640. The molecule has 2 aliphatic rings. The number of carbonyl (C=O) groups excluding carboxylic acids is 2. The summed E-state index contributed by atoms with van der Waals surface area (Å²) in [5.74, 6) is 7.83. The van der Waals surface area contributed by atoms with Gasteiger partial charge in [0.25, 0.3) is 12.4 Å². The van der Waals surface area contributed by atoms with Crippen LogP contribution in [0.5, 0.6) is 34.5 Å². The zero-order valence-corrected chi connectivity index (χ0v) is 28.6. The van der Waals surface area contributed by atoms with E-state index in [1.807, 2.05) is 24.3 Å². The lowest BCUT2D eigenvalue weighted by Gasteiger charge is -2.34. The van der Waals surface area contributed by atoms with Gasteiger partial charge in [0.1, 0.15) is 18.2 Å². The van der Waals surface area contributed by atoms with Crippen molar-refractivity contribution in [3.05, 3.63) is 83.2 Å². The van der Waals surface area contributed by atoms with E-state index in [1.165, 1.54) is 18.3 Å². The number of halogens is 3. The molecule has 2 atom stereocenters. The van der Waals surface area contributed by atoms with Crippen LogP contribution in [0.3, 0.4) is 0 Å². The normalized spacial score (nSPS) is 15.7. The molecule has 3 aromatic carbocycles. The van der Waals surface area contributed by atoms with Crippen molar-refractivity contribution in [3.8, 4) is 34.5 Å². The number of hydrogen-bond donors (Lipinski definition) is 5. The third-order valence-corrected chi connectivity index (χ3v) is 7.54. The van der Waals surface area contributed by atoms with Gasteiger partial charge in [0.15, 0.2) is 23.0 Å². The van der Waals surface area contributed by atoms with Gasteiger partial charge in [-0.25, -0.2) is 5.84 Å². The molecule has 0 spiro atoms. The largest absolute Gasteiger partial charge is 0.573 e. The van der Waals surface area contributed by atoms with Crippen molar-refractivity contribution in [1.82, 2.24) is 10.3 Å². The van der Waals surface area contributed by atoms with Crippen LogP contribution in [0.4, 0.5) is 13.2 Å². The molecule has 52 heavy (non-hydrogen) atoms. The Labute approximate surface area is 297 Å². The summed E-state index contributed by atoms with van der Waals surface area (Å²) in [6.45, 7) is -0.260. The van der Waals surface area contributed by atoms with Gasteiger partial charge in [0.2, 0.25) is 12.5 Å². The predicted molar refractivity (Wildman–Crippen MR) is 178 cm³/mol. The monoisotopic (exact) mass is 738 g/mol. The number of methoxy groups -OCH3 is 3. The van der Waals surface area contributed by atoms with E-state index in [9.17, 15) is 22.8 Å². The molecule has 0 bridgehead atoms. The minimum Gasteiger partial charge on any atom is -0.493 e. The fourth-order valence-corrected chi connectivity index (χ4v) is 5.38. The molecule has 15 nitrogen and oxygen atoms in total. The zero-order chi connectivity index (χ0) is 38.3. The number of ether oxygens (including phenoxy) is 7. The van der Waals surface area contributed by atoms with Crippen molar-refractivity contribution in [3.63, 3.8) is 0 Å². The highest BCUT2D eigenvalue weighted by molar-refractivity contribution is 5.92. The van der Waals surface area contributed by atoms with Crippen LogP contribution in [0.15, 0.2) is 66.5 Å². The first-order chi connectivity index (χ1) is 24.9. The lowest BCUT2D eigenvalue weighted by molar-refractivity contribution is -0.274. The summed E-state index contributed by atoms with van der Waals surface area (Å²) in [6, 6.07) is 13.9. The minimum atomic E-state index is -4.82. The van der Waals surface area contributed by atoms with E-state index >= 15 is 0 Å². The number of alkyl halides is 3. The van der Waals surface area contributed by atoms with Crippen molar-refractivity contribution >= 4 is 12.4 Å². The summed E-state index contributed by atoms with van der Waals surface area (Å²) in [7, 11) is 4.77. The van der Waals surface area contributed by atoms with Crippen molar-refractivity contribution < 1.29 is 66.1 Å². The lowest BCUT2D eigenvalue weighted by atomic mass is 9.79. The van der Waals surface area contributed by atoms with E-state index in [0.29, 0.717) is 53.6 Å². The Hall–Kier alpha value is -5.59. The van der Waals surface area contributed by atoms with E-state index in [-0.39, 0.29) is 31.6 Å². The lowest BCUT2D eigenvalue weighted by Crippen LogP contribution is -2.40. The fourth-order valence-electron chi connectivity index (χ4n) is 5.38. The van der Waals surface area contributed by atoms with Crippen molar-refractivity contribution in [1.29, 1.82) is 0 Å². The summed E-state index contributed by atoms with van der Waals surface area (Å²) in [6.07, 6.45) is -2.33. The molecule has 284 valence electrons. The Morgan fingerprint density at radius 3 is 2.25 bits per heavy atom. The Balaban J connectivity index is 0.000000406. The van der Waals surface area contributed by atoms with Crippen molar-refractivity contribution in [2.24, 2.45) is 17.5 Å². The first-order valence-corrected chi connectivity index (χ1v) is 15.5. The van der Waals surface area contributed by atoms with Gasteiger partial charge in [-0.1, -0.05) is 18.2 Å². The maximum absolute atomic E-state index is 13.0. The number of nitrogens with one attached hydrogen (secondary N) is 1. The number of aryl methyl sites for hydroxylation is 1. The third kappa shape index (κ3) is 11.7. The van der Waals surface area contributed by atoms with Crippen LogP contribution in [-0.4, -0.2) is 75.5 Å². The molecule has 2 unspecified atom stereocenters. The number of nitrogens with zero attached hydrogens (tertiary/aromatic N) is 1. The number of fused-ring (bicyclic) bond motifs is 2. The third-order valence-electron chi connectivity index (χ3n) is 7.54. The van der Waals surface area contributed by atoms with E-state index in [4.69, 9.17) is 50.2 Å². The van der Waals surface area contributed by atoms with E-state index < -0.39 is 30.9 Å². The highest BCUT2D eigenvalue weighted by atomic mass is 19.4. The number of rotatable bonds is 12. The average molecular weight is 739 g/mol. The summed E-state index contributed by atoms with van der Waals surface area (Å²) in [5.41, 5.74) is 7.90. The van der Waals surface area contributed by atoms with Gasteiger partial charge in [-0.15, -0.1) is 13.2 Å². The number of carbonyl (C=O) groups is 2. The molecule has 18 heteroatoms. The van der Waals surface area contributed by atoms with Crippen LogP contribution in [0.25, 0.3) is 0 Å². The number of hydrazine groups is 1. The molecule has 0 aromatic heterocycles. The molecule has 7 N–H and O–H groups in total. The molecule has 0 saturated carbocycles. The second-order valence-electron chi connectivity index (χ2n) is 10.9. The number of benzene rings is 3. The van der Waals surface area contributed by atoms with Gasteiger partial charge >= 0.3 is 6.36 Å². The molecule has 1 aliphatic heterocycles. The summed E-state index contributed by atoms with van der Waals surface area (Å²) >= 11 is 0. The van der Waals surface area contributed by atoms with Crippen LogP contribution >= 0.6 is 0 Å². The van der Waals surface area contributed by atoms with Crippen LogP contribution in [0.1, 0.15) is 29.2 Å². The van der Waals surface area contributed by atoms with Gasteiger partial charge in [0, 0.05) is 12.1 Å². The summed E-state index contributed by atoms with van der Waals surface area (Å²) in [4.78, 5) is 23.8. The first kappa shape index (κ1) is 40.8. The molecule has 1 aliphatic carbocycles. The van der Waals surface area contributed by atoms with Gasteiger partial charge in [-0.2, -0.15) is 0 Å². The highest BCUT2D eigenvalue weighted by Gasteiger charge is 2.34. The number of aliphatic hydroxyl groups excluding tert-OH is 1. The number of para-hydroxylation sites is 1.